The van der Waals surface area contributed by atoms with E-state index in [0.717, 1.165) is 6.42 Å². The predicted molar refractivity (Wildman–Crippen MR) is 54.9 cm³/mol. The molecule has 0 heteroatoms. The van der Waals surface area contributed by atoms with Crippen LogP contribution in [-0.4, -0.2) is 0 Å². The van der Waals surface area contributed by atoms with Gasteiger partial charge < -0.3 is 0 Å². The van der Waals surface area contributed by atoms with Crippen molar-refractivity contribution in [2.75, 3.05) is 0 Å². The van der Waals surface area contributed by atoms with Crippen LogP contribution in [0.1, 0.15) is 6.42 Å². The lowest BCUT2D eigenvalue weighted by Gasteiger charge is -2.23. The van der Waals surface area contributed by atoms with Crippen molar-refractivity contribution in [2.24, 2.45) is 5.92 Å². The van der Waals surface area contributed by atoms with E-state index in [1.165, 1.54) is 16.7 Å². The van der Waals surface area contributed by atoms with Gasteiger partial charge in [-0.2, -0.15) is 0 Å². The maximum atomic E-state index is 2.32. The summed E-state index contributed by atoms with van der Waals surface area (Å²) in [6, 6.07) is 0. The van der Waals surface area contributed by atoms with Gasteiger partial charge in [0.25, 0.3) is 0 Å². The zero-order valence-electron chi connectivity index (χ0n) is 7.40. The number of fused-ring (bicyclic) bond motifs is 2. The van der Waals surface area contributed by atoms with Crippen molar-refractivity contribution in [3.8, 4) is 0 Å². The van der Waals surface area contributed by atoms with E-state index < -0.39 is 0 Å². The molecule has 0 aromatic carbocycles. The first kappa shape index (κ1) is 7.14. The Bertz CT molecular complexity index is 386. The van der Waals surface area contributed by atoms with Crippen LogP contribution in [-0.2, 0) is 0 Å². The number of hydrogen-bond donors (Lipinski definition) is 0. The molecule has 0 bridgehead atoms. The van der Waals surface area contributed by atoms with Crippen molar-refractivity contribution in [3.05, 3.63) is 65.7 Å². The Hall–Kier alpha value is -1.30. The Labute approximate surface area is 78.7 Å². The van der Waals surface area contributed by atoms with Crippen LogP contribution in [0.3, 0.4) is 0 Å². The number of allylic oxidation sites excluding steroid dienone is 10. The van der Waals surface area contributed by atoms with Crippen LogP contribution in [0.15, 0.2) is 59.3 Å². The Morgan fingerprint density at radius 1 is 1.15 bits per heavy atom. The fourth-order valence-corrected chi connectivity index (χ4v) is 2.18. The first-order chi connectivity index (χ1) is 6.45. The third-order valence-electron chi connectivity index (χ3n) is 2.85. The molecule has 0 nitrogen and oxygen atoms in total. The van der Waals surface area contributed by atoms with Crippen LogP contribution >= 0.6 is 0 Å². The van der Waals surface area contributed by atoms with Crippen molar-refractivity contribution in [1.82, 2.24) is 0 Å². The fraction of sp³-hybridized carbons (Fsp3) is 0.154. The first-order valence-corrected chi connectivity index (χ1v) is 4.75. The zero-order valence-corrected chi connectivity index (χ0v) is 7.40. The SMILES string of the molecule is [CH]1C=CC2=C1C1C=CCC=C1C=C2. The highest BCUT2D eigenvalue weighted by Crippen LogP contribution is 2.37. The van der Waals surface area contributed by atoms with Crippen LogP contribution in [0.5, 0.6) is 0 Å². The molecule has 0 aliphatic heterocycles. The average molecular weight is 167 g/mol. The quantitative estimate of drug-likeness (QED) is 0.486. The second-order valence-electron chi connectivity index (χ2n) is 3.62. The molecule has 0 N–H and O–H groups in total. The molecule has 3 aliphatic rings. The van der Waals surface area contributed by atoms with Crippen LogP contribution in [0.4, 0.5) is 0 Å². The summed E-state index contributed by atoms with van der Waals surface area (Å²) in [7, 11) is 0. The van der Waals surface area contributed by atoms with Gasteiger partial charge in [-0.05, 0) is 23.1 Å². The summed E-state index contributed by atoms with van der Waals surface area (Å²) in [6.07, 6.45) is 19.0. The first-order valence-electron chi connectivity index (χ1n) is 4.75. The van der Waals surface area contributed by atoms with Crippen LogP contribution < -0.4 is 0 Å². The summed E-state index contributed by atoms with van der Waals surface area (Å²) in [5.74, 6) is 0.531. The summed E-state index contributed by atoms with van der Waals surface area (Å²) in [5.41, 5.74) is 4.31. The highest BCUT2D eigenvalue weighted by atomic mass is 14.3. The lowest BCUT2D eigenvalue weighted by atomic mass is 9.81. The van der Waals surface area contributed by atoms with E-state index >= 15 is 0 Å². The second kappa shape index (κ2) is 2.59. The van der Waals surface area contributed by atoms with Crippen molar-refractivity contribution >= 4 is 0 Å². The highest BCUT2D eigenvalue weighted by molar-refractivity contribution is 5.58. The van der Waals surface area contributed by atoms with Crippen LogP contribution in [0, 0.1) is 12.3 Å². The number of rotatable bonds is 0. The standard InChI is InChI=1S/C13H11/c1-2-6-12-10(4-1)8-9-11-5-3-7-13(11)12/h2-9,12H,1H2. The molecule has 1 unspecified atom stereocenters. The molecule has 1 atom stereocenters. The van der Waals surface area contributed by atoms with Gasteiger partial charge in [-0.15, -0.1) is 0 Å². The van der Waals surface area contributed by atoms with Gasteiger partial charge in [-0.25, -0.2) is 0 Å². The van der Waals surface area contributed by atoms with Crippen molar-refractivity contribution in [2.45, 2.75) is 6.42 Å². The maximum Gasteiger partial charge on any atom is 0.0240 e. The Morgan fingerprint density at radius 3 is 3.15 bits per heavy atom. The molecule has 0 spiro atoms. The normalized spacial score (nSPS) is 28.9. The van der Waals surface area contributed by atoms with Crippen LogP contribution in [0.2, 0.25) is 0 Å². The average Bonchev–Trinajstić information content (AvgIpc) is 2.65. The van der Waals surface area contributed by atoms with E-state index in [1.54, 1.807) is 0 Å². The summed E-state index contributed by atoms with van der Waals surface area (Å²) < 4.78 is 0. The topological polar surface area (TPSA) is 0 Å². The monoisotopic (exact) mass is 167 g/mol. The fourth-order valence-electron chi connectivity index (χ4n) is 2.18. The molecule has 0 aromatic rings. The molecular weight excluding hydrogens is 156 g/mol. The van der Waals surface area contributed by atoms with E-state index in [-0.39, 0.29) is 0 Å². The van der Waals surface area contributed by atoms with E-state index in [2.05, 4.69) is 49.0 Å². The predicted octanol–water partition coefficient (Wildman–Crippen LogP) is 3.13. The Balaban J connectivity index is 2.08. The zero-order chi connectivity index (χ0) is 8.67. The van der Waals surface area contributed by atoms with Gasteiger partial charge in [0.1, 0.15) is 0 Å². The van der Waals surface area contributed by atoms with Gasteiger partial charge in [0.15, 0.2) is 0 Å². The minimum absolute atomic E-state index is 0.531. The van der Waals surface area contributed by atoms with E-state index in [0.29, 0.717) is 5.92 Å². The van der Waals surface area contributed by atoms with Crippen molar-refractivity contribution < 1.29 is 0 Å². The maximum absolute atomic E-state index is 2.32. The molecule has 63 valence electrons. The van der Waals surface area contributed by atoms with Gasteiger partial charge in [0.05, 0.1) is 0 Å². The highest BCUT2D eigenvalue weighted by Gasteiger charge is 2.23. The van der Waals surface area contributed by atoms with Crippen LogP contribution in [0.25, 0.3) is 0 Å². The summed E-state index contributed by atoms with van der Waals surface area (Å²) in [4.78, 5) is 0. The molecule has 0 saturated heterocycles. The molecule has 0 fully saturated rings. The van der Waals surface area contributed by atoms with E-state index in [4.69, 9.17) is 0 Å². The minimum atomic E-state index is 0.531. The van der Waals surface area contributed by atoms with Crippen molar-refractivity contribution in [1.29, 1.82) is 0 Å². The van der Waals surface area contributed by atoms with Gasteiger partial charge in [-0.3, -0.25) is 0 Å². The van der Waals surface area contributed by atoms with Crippen molar-refractivity contribution in [3.63, 3.8) is 0 Å². The van der Waals surface area contributed by atoms with Gasteiger partial charge in [-0.1, -0.05) is 42.5 Å². The third kappa shape index (κ3) is 0.983. The molecule has 1 radical (unpaired) electrons. The molecule has 0 heterocycles. The molecule has 0 amide bonds. The minimum Gasteiger partial charge on any atom is -0.0838 e. The molecule has 0 saturated carbocycles. The van der Waals surface area contributed by atoms with Gasteiger partial charge in [0.2, 0.25) is 0 Å². The molecular formula is C13H11. The summed E-state index contributed by atoms with van der Waals surface area (Å²) in [5, 5.41) is 0. The largest absolute Gasteiger partial charge is 0.0838 e. The lowest BCUT2D eigenvalue weighted by Crippen LogP contribution is -2.09. The smallest absolute Gasteiger partial charge is 0.0240 e. The molecule has 3 aliphatic carbocycles. The van der Waals surface area contributed by atoms with E-state index in [9.17, 15) is 0 Å². The summed E-state index contributed by atoms with van der Waals surface area (Å²) >= 11 is 0. The molecule has 0 aromatic heterocycles. The second-order valence-corrected chi connectivity index (χ2v) is 3.62. The van der Waals surface area contributed by atoms with Gasteiger partial charge >= 0.3 is 0 Å². The van der Waals surface area contributed by atoms with Gasteiger partial charge in [0, 0.05) is 12.3 Å². The summed E-state index contributed by atoms with van der Waals surface area (Å²) in [6.45, 7) is 0. The third-order valence-corrected chi connectivity index (χ3v) is 2.85. The number of hydrogen-bond acceptors (Lipinski definition) is 0. The van der Waals surface area contributed by atoms with E-state index in [1.807, 2.05) is 0 Å². The Kier molecular flexibility index (Phi) is 1.42. The molecule has 3 rings (SSSR count). The lowest BCUT2D eigenvalue weighted by molar-refractivity contribution is 0.892. The Morgan fingerprint density at radius 2 is 2.15 bits per heavy atom. The molecule has 13 heavy (non-hydrogen) atoms.